The summed E-state index contributed by atoms with van der Waals surface area (Å²) in [4.78, 5) is 43.6. The number of amides is 2. The van der Waals surface area contributed by atoms with Gasteiger partial charge in [-0.2, -0.15) is 0 Å². The number of fused-ring (bicyclic) bond motifs is 2. The summed E-state index contributed by atoms with van der Waals surface area (Å²) in [6.45, 7) is 0. The summed E-state index contributed by atoms with van der Waals surface area (Å²) in [7, 11) is 0. The molecular weight excluding hydrogens is 380 g/mol. The Morgan fingerprint density at radius 3 is 2.27 bits per heavy atom. The van der Waals surface area contributed by atoms with Crippen LogP contribution in [0.3, 0.4) is 0 Å². The minimum Gasteiger partial charge on any atom is -0.421 e. The van der Waals surface area contributed by atoms with Crippen molar-refractivity contribution in [1.82, 2.24) is 4.98 Å². The van der Waals surface area contributed by atoms with E-state index in [1.807, 2.05) is 30.4 Å². The number of carbonyl (C=O) groups is 3. The number of pyridine rings is 1. The number of ether oxygens (including phenoxy) is 1. The van der Waals surface area contributed by atoms with Crippen LogP contribution in [0.15, 0.2) is 72.9 Å². The number of carbonyl (C=O) groups excluding carboxylic acids is 3. The smallest absolute Gasteiger partial charge is 0.343 e. The maximum atomic E-state index is 12.7. The van der Waals surface area contributed by atoms with Crippen LogP contribution in [0, 0.1) is 11.8 Å². The Bertz CT molecular complexity index is 1170. The highest BCUT2D eigenvalue weighted by Gasteiger charge is 2.47. The Hall–Kier alpha value is -3.80. The Morgan fingerprint density at radius 1 is 0.900 bits per heavy atom. The molecule has 0 bridgehead atoms. The fraction of sp³-hybridized carbons (Fsp3) is 0.167. The maximum absolute atomic E-state index is 12.7. The molecule has 1 aliphatic heterocycles. The third kappa shape index (κ3) is 2.97. The molecule has 0 spiro atoms. The molecule has 1 fully saturated rings. The third-order valence-electron chi connectivity index (χ3n) is 5.67. The number of para-hydroxylation sites is 1. The number of benzene rings is 2. The van der Waals surface area contributed by atoms with Crippen molar-refractivity contribution in [1.29, 1.82) is 0 Å². The molecule has 0 unspecified atom stereocenters. The lowest BCUT2D eigenvalue weighted by Crippen LogP contribution is -2.30. The first-order chi connectivity index (χ1) is 14.6. The largest absolute Gasteiger partial charge is 0.421 e. The van der Waals surface area contributed by atoms with E-state index in [1.165, 1.54) is 4.90 Å². The second-order valence-electron chi connectivity index (χ2n) is 7.44. The van der Waals surface area contributed by atoms with E-state index in [9.17, 15) is 14.4 Å². The molecule has 148 valence electrons. The molecule has 2 aliphatic rings. The predicted octanol–water partition coefficient (Wildman–Crippen LogP) is 3.91. The number of imide groups is 1. The van der Waals surface area contributed by atoms with Crippen molar-refractivity contribution in [3.8, 4) is 5.75 Å². The minimum atomic E-state index is -0.531. The molecule has 1 aromatic heterocycles. The topological polar surface area (TPSA) is 76.6 Å². The molecule has 0 saturated carbocycles. The standard InChI is InChI=1S/C24H18N2O4/c27-22-18-7-1-2-8-19(18)23(28)26(22)17-12-10-16(11-13-17)24(29)30-20-9-3-5-15-6-4-14-25-21(15)20/h1-6,9-14,18-19H,7-8H2/t18-,19-/m0/s1. The normalized spacial score (nSPS) is 20.5. The molecular formula is C24H18N2O4. The van der Waals surface area contributed by atoms with Crippen molar-refractivity contribution in [3.63, 3.8) is 0 Å². The zero-order valence-electron chi connectivity index (χ0n) is 16.0. The van der Waals surface area contributed by atoms with Gasteiger partial charge in [-0.25, -0.2) is 4.79 Å². The van der Waals surface area contributed by atoms with Crippen LogP contribution in [0.4, 0.5) is 5.69 Å². The molecule has 2 heterocycles. The molecule has 1 aliphatic carbocycles. The summed E-state index contributed by atoms with van der Waals surface area (Å²) in [6.07, 6.45) is 6.74. The highest BCUT2D eigenvalue weighted by Crippen LogP contribution is 2.37. The van der Waals surface area contributed by atoms with E-state index in [2.05, 4.69) is 4.98 Å². The van der Waals surface area contributed by atoms with E-state index in [0.717, 1.165) is 5.39 Å². The summed E-state index contributed by atoms with van der Waals surface area (Å²) < 4.78 is 5.54. The molecule has 3 aromatic rings. The quantitative estimate of drug-likeness (QED) is 0.289. The van der Waals surface area contributed by atoms with Gasteiger partial charge in [0.05, 0.1) is 23.1 Å². The highest BCUT2D eigenvalue weighted by molar-refractivity contribution is 6.22. The van der Waals surface area contributed by atoms with E-state index in [0.29, 0.717) is 35.4 Å². The first kappa shape index (κ1) is 18.2. The Balaban J connectivity index is 1.37. The molecule has 0 N–H and O–H groups in total. The monoisotopic (exact) mass is 398 g/mol. The number of allylic oxidation sites excluding steroid dienone is 2. The molecule has 2 aromatic carbocycles. The average Bonchev–Trinajstić information content (AvgIpc) is 3.04. The van der Waals surface area contributed by atoms with Gasteiger partial charge in [0, 0.05) is 11.6 Å². The lowest BCUT2D eigenvalue weighted by molar-refractivity contribution is -0.122. The number of nitrogens with zero attached hydrogens (tertiary/aromatic N) is 2. The van der Waals surface area contributed by atoms with Crippen LogP contribution in [0.5, 0.6) is 5.75 Å². The molecule has 6 nitrogen and oxygen atoms in total. The second-order valence-corrected chi connectivity index (χ2v) is 7.44. The van der Waals surface area contributed by atoms with Gasteiger partial charge in [0.2, 0.25) is 11.8 Å². The van der Waals surface area contributed by atoms with Crippen molar-refractivity contribution < 1.29 is 19.1 Å². The number of hydrogen-bond donors (Lipinski definition) is 0. The number of esters is 1. The number of aromatic nitrogens is 1. The van der Waals surface area contributed by atoms with Gasteiger partial charge in [0.1, 0.15) is 5.52 Å². The van der Waals surface area contributed by atoms with Gasteiger partial charge in [-0.15, -0.1) is 0 Å². The molecule has 30 heavy (non-hydrogen) atoms. The van der Waals surface area contributed by atoms with Crippen molar-refractivity contribution in [2.75, 3.05) is 4.90 Å². The zero-order valence-corrected chi connectivity index (χ0v) is 16.0. The summed E-state index contributed by atoms with van der Waals surface area (Å²) in [6, 6.07) is 15.5. The van der Waals surface area contributed by atoms with Gasteiger partial charge in [-0.05, 0) is 49.2 Å². The fourth-order valence-corrected chi connectivity index (χ4v) is 4.12. The number of hydrogen-bond acceptors (Lipinski definition) is 5. The van der Waals surface area contributed by atoms with E-state index < -0.39 is 5.97 Å². The molecule has 5 rings (SSSR count). The van der Waals surface area contributed by atoms with E-state index in [4.69, 9.17) is 4.74 Å². The number of rotatable bonds is 3. The molecule has 6 heteroatoms. The average molecular weight is 398 g/mol. The first-order valence-corrected chi connectivity index (χ1v) is 9.82. The van der Waals surface area contributed by atoms with Crippen molar-refractivity contribution in [2.24, 2.45) is 11.8 Å². The van der Waals surface area contributed by atoms with Gasteiger partial charge in [-0.1, -0.05) is 30.4 Å². The highest BCUT2D eigenvalue weighted by atomic mass is 16.5. The molecule has 2 atom stereocenters. The second kappa shape index (κ2) is 7.22. The fourth-order valence-electron chi connectivity index (χ4n) is 4.12. The first-order valence-electron chi connectivity index (χ1n) is 9.82. The lowest BCUT2D eigenvalue weighted by Gasteiger charge is -2.15. The van der Waals surface area contributed by atoms with E-state index in [-0.39, 0.29) is 23.7 Å². The van der Waals surface area contributed by atoms with Crippen LogP contribution >= 0.6 is 0 Å². The SMILES string of the molecule is O=C(Oc1cccc2cccnc12)c1ccc(N2C(=O)[C@H]3CC=CC[C@@H]3C2=O)cc1. The van der Waals surface area contributed by atoms with Gasteiger partial charge < -0.3 is 4.74 Å². The van der Waals surface area contributed by atoms with Gasteiger partial charge in [0.15, 0.2) is 5.75 Å². The van der Waals surface area contributed by atoms with Crippen LogP contribution in [0.2, 0.25) is 0 Å². The van der Waals surface area contributed by atoms with Gasteiger partial charge in [0.25, 0.3) is 0 Å². The van der Waals surface area contributed by atoms with Crippen LogP contribution in [0.1, 0.15) is 23.2 Å². The van der Waals surface area contributed by atoms with Gasteiger partial charge in [-0.3, -0.25) is 19.5 Å². The summed E-state index contributed by atoms with van der Waals surface area (Å²) in [5.74, 6) is -1.07. The number of anilines is 1. The van der Waals surface area contributed by atoms with Crippen molar-refractivity contribution in [2.45, 2.75) is 12.8 Å². The van der Waals surface area contributed by atoms with E-state index in [1.54, 1.807) is 42.6 Å². The van der Waals surface area contributed by atoms with Crippen LogP contribution < -0.4 is 9.64 Å². The molecule has 0 radical (unpaired) electrons. The van der Waals surface area contributed by atoms with Crippen molar-refractivity contribution >= 4 is 34.4 Å². The predicted molar refractivity (Wildman–Crippen MR) is 111 cm³/mol. The zero-order chi connectivity index (χ0) is 20.7. The molecule has 1 saturated heterocycles. The van der Waals surface area contributed by atoms with Crippen LogP contribution in [0.25, 0.3) is 10.9 Å². The van der Waals surface area contributed by atoms with E-state index >= 15 is 0 Å². The lowest BCUT2D eigenvalue weighted by atomic mass is 9.85. The van der Waals surface area contributed by atoms with Crippen LogP contribution in [-0.4, -0.2) is 22.8 Å². The van der Waals surface area contributed by atoms with Crippen LogP contribution in [-0.2, 0) is 9.59 Å². The summed E-state index contributed by atoms with van der Waals surface area (Å²) >= 11 is 0. The van der Waals surface area contributed by atoms with Crippen molar-refractivity contribution in [3.05, 3.63) is 78.5 Å². The summed E-state index contributed by atoms with van der Waals surface area (Å²) in [5.41, 5.74) is 1.40. The Labute approximate surface area is 172 Å². The third-order valence-corrected chi connectivity index (χ3v) is 5.67. The van der Waals surface area contributed by atoms with Gasteiger partial charge >= 0.3 is 5.97 Å². The molecule has 2 amide bonds. The summed E-state index contributed by atoms with van der Waals surface area (Å²) in [5, 5.41) is 0.875. The minimum absolute atomic E-state index is 0.175. The Kier molecular flexibility index (Phi) is 4.39. The maximum Gasteiger partial charge on any atom is 0.343 e. The Morgan fingerprint density at radius 2 is 1.57 bits per heavy atom.